The molecule has 4 aliphatic heterocycles. The Bertz CT molecular complexity index is 906. The van der Waals surface area contributed by atoms with Gasteiger partial charge in [-0.2, -0.15) is 0 Å². The second-order valence-electron chi connectivity index (χ2n) is 12.4. The molecule has 2 saturated heterocycles. The van der Waals surface area contributed by atoms with Gasteiger partial charge in [0.2, 0.25) is 0 Å². The summed E-state index contributed by atoms with van der Waals surface area (Å²) >= 11 is 0. The average molecular weight is 531 g/mol. The Kier molecular flexibility index (Phi) is 10.0. The fourth-order valence-corrected chi connectivity index (χ4v) is 5.87. The van der Waals surface area contributed by atoms with Crippen LogP contribution in [0.3, 0.4) is 0 Å². The maximum absolute atomic E-state index is 12.7. The fraction of sp³-hybridized carbons (Fsp3) is 0.710. The van der Waals surface area contributed by atoms with E-state index in [1.807, 2.05) is 12.2 Å². The van der Waals surface area contributed by atoms with Crippen LogP contribution in [-0.4, -0.2) is 71.6 Å². The molecule has 0 amide bonds. The van der Waals surface area contributed by atoms with E-state index in [1.54, 1.807) is 12.2 Å². The predicted octanol–water partition coefficient (Wildman–Crippen LogP) is 4.58. The molecule has 38 heavy (non-hydrogen) atoms. The summed E-state index contributed by atoms with van der Waals surface area (Å²) in [5, 5.41) is 21.8. The van der Waals surface area contributed by atoms with Crippen LogP contribution < -0.4 is 0 Å². The number of aliphatic hydroxyl groups is 2. The van der Waals surface area contributed by atoms with Crippen LogP contribution in [0.4, 0.5) is 0 Å². The van der Waals surface area contributed by atoms with Crippen molar-refractivity contribution in [1.29, 1.82) is 0 Å². The fourth-order valence-electron chi connectivity index (χ4n) is 5.87. The van der Waals surface area contributed by atoms with Crippen molar-refractivity contribution in [3.05, 3.63) is 48.6 Å². The van der Waals surface area contributed by atoms with Gasteiger partial charge in [-0.15, -0.1) is 0 Å². The van der Waals surface area contributed by atoms with Gasteiger partial charge in [0.15, 0.2) is 0 Å². The second-order valence-corrected chi connectivity index (χ2v) is 12.4. The minimum absolute atomic E-state index is 0.0846. The molecular formula is C31H46O7. The SMILES string of the molecule is C=C1C[C@H](C)C[C@@H]2CC=C[C@@H](C/C=C\C(=O)O[C@H]([C@@H](O)/C=C/C3CC(C)(C)CCO3)C[C@@H]3O[C@H]3[C@@H](O)C1)O2. The van der Waals surface area contributed by atoms with Gasteiger partial charge in [-0.05, 0) is 56.3 Å². The lowest BCUT2D eigenvalue weighted by atomic mass is 9.82. The number of cyclic esters (lactones) is 1. The molecule has 9 atom stereocenters. The van der Waals surface area contributed by atoms with Gasteiger partial charge in [0, 0.05) is 19.1 Å². The number of esters is 1. The Hall–Kier alpha value is -1.77. The largest absolute Gasteiger partial charge is 0.456 e. The van der Waals surface area contributed by atoms with Crippen LogP contribution in [0.1, 0.15) is 72.1 Å². The van der Waals surface area contributed by atoms with Crippen molar-refractivity contribution in [2.75, 3.05) is 6.61 Å². The van der Waals surface area contributed by atoms with Gasteiger partial charge >= 0.3 is 5.97 Å². The number of epoxide rings is 1. The van der Waals surface area contributed by atoms with Gasteiger partial charge in [-0.25, -0.2) is 4.79 Å². The zero-order valence-electron chi connectivity index (χ0n) is 23.2. The summed E-state index contributed by atoms with van der Waals surface area (Å²) in [6.07, 6.45) is 13.5. The van der Waals surface area contributed by atoms with Crippen molar-refractivity contribution in [3.63, 3.8) is 0 Å². The number of hydrogen-bond acceptors (Lipinski definition) is 7. The van der Waals surface area contributed by atoms with Crippen molar-refractivity contribution in [2.45, 2.75) is 121 Å². The van der Waals surface area contributed by atoms with E-state index >= 15 is 0 Å². The van der Waals surface area contributed by atoms with Gasteiger partial charge in [0.25, 0.3) is 0 Å². The van der Waals surface area contributed by atoms with Crippen molar-refractivity contribution in [1.82, 2.24) is 0 Å². The van der Waals surface area contributed by atoms with E-state index in [4.69, 9.17) is 18.9 Å². The molecule has 0 aliphatic carbocycles. The first-order valence-corrected chi connectivity index (χ1v) is 14.3. The van der Waals surface area contributed by atoms with Gasteiger partial charge < -0.3 is 29.2 Å². The van der Waals surface area contributed by atoms with Gasteiger partial charge in [0.05, 0.1) is 30.5 Å². The summed E-state index contributed by atoms with van der Waals surface area (Å²) in [5.74, 6) is -0.132. The van der Waals surface area contributed by atoms with Crippen molar-refractivity contribution in [2.24, 2.45) is 11.3 Å². The molecule has 4 rings (SSSR count). The lowest BCUT2D eigenvalue weighted by molar-refractivity contribution is -0.148. The molecule has 0 radical (unpaired) electrons. The normalized spacial score (nSPS) is 40.4. The molecule has 0 saturated carbocycles. The Morgan fingerprint density at radius 2 is 1.97 bits per heavy atom. The molecule has 2 fully saturated rings. The molecule has 0 aromatic heterocycles. The second kappa shape index (κ2) is 13.1. The topological polar surface area (TPSA) is 97.8 Å². The quantitative estimate of drug-likeness (QED) is 0.313. The molecule has 212 valence electrons. The van der Waals surface area contributed by atoms with Crippen molar-refractivity contribution in [3.8, 4) is 0 Å². The third-order valence-electron chi connectivity index (χ3n) is 8.04. The van der Waals surface area contributed by atoms with E-state index in [0.29, 0.717) is 31.8 Å². The molecular weight excluding hydrogens is 484 g/mol. The summed E-state index contributed by atoms with van der Waals surface area (Å²) in [7, 11) is 0. The molecule has 7 heteroatoms. The van der Waals surface area contributed by atoms with Gasteiger partial charge in [-0.1, -0.05) is 63.3 Å². The molecule has 0 spiro atoms. The minimum atomic E-state index is -1.02. The Morgan fingerprint density at radius 3 is 2.76 bits per heavy atom. The zero-order valence-corrected chi connectivity index (χ0v) is 23.2. The highest BCUT2D eigenvalue weighted by molar-refractivity contribution is 5.82. The summed E-state index contributed by atoms with van der Waals surface area (Å²) in [4.78, 5) is 12.7. The maximum atomic E-state index is 12.7. The van der Waals surface area contributed by atoms with Crippen LogP contribution in [0.15, 0.2) is 48.6 Å². The molecule has 4 heterocycles. The summed E-state index contributed by atoms with van der Waals surface area (Å²) in [5.41, 5.74) is 1.17. The first kappa shape index (κ1) is 29.2. The molecule has 2 N–H and O–H groups in total. The number of fused-ring (bicyclic) bond motifs is 3. The molecule has 4 aliphatic rings. The summed E-state index contributed by atoms with van der Waals surface area (Å²) < 4.78 is 23.6. The molecule has 0 aromatic carbocycles. The molecule has 0 aromatic rings. The Labute approximate surface area is 227 Å². The predicted molar refractivity (Wildman–Crippen MR) is 145 cm³/mol. The number of carbonyl (C=O) groups excluding carboxylic acids is 1. The van der Waals surface area contributed by atoms with Gasteiger partial charge in [0.1, 0.15) is 18.3 Å². The number of rotatable bonds is 3. The summed E-state index contributed by atoms with van der Waals surface area (Å²) in [6, 6.07) is 0. The average Bonchev–Trinajstić information content (AvgIpc) is 3.60. The third kappa shape index (κ3) is 8.88. The van der Waals surface area contributed by atoms with E-state index in [-0.39, 0.29) is 35.9 Å². The van der Waals surface area contributed by atoms with Crippen LogP contribution in [0.5, 0.6) is 0 Å². The van der Waals surface area contributed by atoms with Crippen LogP contribution in [0.25, 0.3) is 0 Å². The monoisotopic (exact) mass is 530 g/mol. The molecule has 1 unspecified atom stereocenters. The number of carbonyl (C=O) groups is 1. The summed E-state index contributed by atoms with van der Waals surface area (Å²) in [6.45, 7) is 11.5. The number of hydrogen-bond donors (Lipinski definition) is 2. The van der Waals surface area contributed by atoms with Crippen molar-refractivity contribution < 1.29 is 34.0 Å². The Morgan fingerprint density at radius 1 is 1.16 bits per heavy atom. The Balaban J connectivity index is 1.44. The first-order valence-electron chi connectivity index (χ1n) is 14.3. The molecule has 2 bridgehead atoms. The van der Waals surface area contributed by atoms with E-state index < -0.39 is 24.3 Å². The lowest BCUT2D eigenvalue weighted by Gasteiger charge is -2.34. The first-order chi connectivity index (χ1) is 18.1. The standard InChI is InChI=1S/C31H46O7/c1-20-15-21(2)17-26(33)30-28(38-30)18-27(25(32)12-11-24-19-31(3,4)13-14-35-24)37-29(34)10-6-8-22-7-5-9-23(16-20)36-22/h5-7,10-12,20,22-28,30,32-33H,2,8-9,13-19H2,1,3-4H3/b10-6-,12-11+/t20-,22-,23-,24?,25-,26-,27-,28-,30-/m0/s1. The zero-order chi connectivity index (χ0) is 27.3. The minimum Gasteiger partial charge on any atom is -0.456 e. The highest BCUT2D eigenvalue weighted by atomic mass is 16.6. The van der Waals surface area contributed by atoms with E-state index in [1.165, 1.54) is 6.08 Å². The lowest BCUT2D eigenvalue weighted by Crippen LogP contribution is -2.33. The van der Waals surface area contributed by atoms with Crippen molar-refractivity contribution >= 4 is 5.97 Å². The third-order valence-corrected chi connectivity index (χ3v) is 8.04. The van der Waals surface area contributed by atoms with E-state index in [9.17, 15) is 15.0 Å². The highest BCUT2D eigenvalue weighted by Crippen LogP contribution is 2.35. The van der Waals surface area contributed by atoms with E-state index in [2.05, 4.69) is 33.4 Å². The number of ether oxygens (including phenoxy) is 4. The smallest absolute Gasteiger partial charge is 0.330 e. The van der Waals surface area contributed by atoms with Crippen LogP contribution in [0.2, 0.25) is 0 Å². The van der Waals surface area contributed by atoms with Crippen LogP contribution in [0, 0.1) is 11.3 Å². The van der Waals surface area contributed by atoms with Gasteiger partial charge in [-0.3, -0.25) is 0 Å². The van der Waals surface area contributed by atoms with E-state index in [0.717, 1.165) is 37.7 Å². The van der Waals surface area contributed by atoms with Crippen LogP contribution >= 0.6 is 0 Å². The maximum Gasteiger partial charge on any atom is 0.330 e. The highest BCUT2D eigenvalue weighted by Gasteiger charge is 2.46. The molecule has 7 nitrogen and oxygen atoms in total. The van der Waals surface area contributed by atoms with Crippen LogP contribution in [-0.2, 0) is 23.7 Å². The number of aliphatic hydroxyl groups excluding tert-OH is 2.